The van der Waals surface area contributed by atoms with E-state index in [0.717, 1.165) is 47.4 Å². The van der Waals surface area contributed by atoms with Crippen LogP contribution in [0.15, 0.2) is 42.5 Å². The summed E-state index contributed by atoms with van der Waals surface area (Å²) in [5, 5.41) is 4.06. The third-order valence-corrected chi connectivity index (χ3v) is 5.51. The van der Waals surface area contributed by atoms with Gasteiger partial charge in [0.05, 0.1) is 25.4 Å². The Bertz CT molecular complexity index is 1080. The number of fused-ring (bicyclic) bond motifs is 1. The monoisotopic (exact) mass is 405 g/mol. The Morgan fingerprint density at radius 3 is 2.67 bits per heavy atom. The van der Waals surface area contributed by atoms with E-state index in [4.69, 9.17) is 14.5 Å². The fourth-order valence-electron chi connectivity index (χ4n) is 3.89. The van der Waals surface area contributed by atoms with E-state index in [1.165, 1.54) is 5.56 Å². The largest absolute Gasteiger partial charge is 0.493 e. The van der Waals surface area contributed by atoms with Gasteiger partial charge >= 0.3 is 0 Å². The summed E-state index contributed by atoms with van der Waals surface area (Å²) >= 11 is 0. The molecule has 6 heteroatoms. The standard InChI is InChI=1S/C24H27N3O3/c1-16-4-5-17-13-19(15-27-10-8-23(28)25-9-11-27)24(26-20(17)12-16)18-6-7-21(29-2)22(14-18)30-3/h4-7,12-14H,8-11,15H2,1-3H3,(H,25,28). The molecule has 2 aromatic carbocycles. The molecule has 1 amide bonds. The summed E-state index contributed by atoms with van der Waals surface area (Å²) in [6.07, 6.45) is 0.520. The number of nitrogens with one attached hydrogen (secondary N) is 1. The Labute approximate surface area is 176 Å². The number of pyridine rings is 1. The lowest BCUT2D eigenvalue weighted by Gasteiger charge is -2.21. The molecule has 3 aromatic rings. The van der Waals surface area contributed by atoms with Crippen molar-refractivity contribution in [2.75, 3.05) is 33.9 Å². The van der Waals surface area contributed by atoms with Gasteiger partial charge < -0.3 is 14.8 Å². The van der Waals surface area contributed by atoms with E-state index >= 15 is 0 Å². The summed E-state index contributed by atoms with van der Waals surface area (Å²) in [6.45, 7) is 5.04. The summed E-state index contributed by atoms with van der Waals surface area (Å²) in [5.41, 5.74) is 5.19. The number of benzene rings is 2. The molecule has 0 saturated carbocycles. The highest BCUT2D eigenvalue weighted by atomic mass is 16.5. The molecule has 0 bridgehead atoms. The predicted molar refractivity (Wildman–Crippen MR) is 118 cm³/mol. The van der Waals surface area contributed by atoms with Crippen LogP contribution in [0.3, 0.4) is 0 Å². The van der Waals surface area contributed by atoms with Gasteiger partial charge in [-0.05, 0) is 48.4 Å². The van der Waals surface area contributed by atoms with Gasteiger partial charge in [0.15, 0.2) is 11.5 Å². The van der Waals surface area contributed by atoms with Gasteiger partial charge in [-0.15, -0.1) is 0 Å². The number of hydrogen-bond acceptors (Lipinski definition) is 5. The molecule has 4 rings (SSSR count). The first-order valence-electron chi connectivity index (χ1n) is 10.2. The zero-order valence-corrected chi connectivity index (χ0v) is 17.7. The Morgan fingerprint density at radius 2 is 1.87 bits per heavy atom. The van der Waals surface area contributed by atoms with E-state index in [2.05, 4.69) is 41.4 Å². The minimum Gasteiger partial charge on any atom is -0.493 e. The molecule has 1 aromatic heterocycles. The highest BCUT2D eigenvalue weighted by molar-refractivity contribution is 5.84. The second kappa shape index (κ2) is 8.71. The van der Waals surface area contributed by atoms with Gasteiger partial charge in [0, 0.05) is 43.5 Å². The molecule has 1 N–H and O–H groups in total. The average molecular weight is 405 g/mol. The molecular formula is C24H27N3O3. The number of amides is 1. The zero-order valence-electron chi connectivity index (χ0n) is 17.7. The predicted octanol–water partition coefficient (Wildman–Crippen LogP) is 3.55. The van der Waals surface area contributed by atoms with Crippen LogP contribution in [-0.4, -0.2) is 49.6 Å². The number of rotatable bonds is 5. The molecule has 30 heavy (non-hydrogen) atoms. The summed E-state index contributed by atoms with van der Waals surface area (Å²) in [6, 6.07) is 14.5. The van der Waals surface area contributed by atoms with E-state index in [9.17, 15) is 4.79 Å². The van der Waals surface area contributed by atoms with E-state index in [1.54, 1.807) is 14.2 Å². The molecule has 0 spiro atoms. The Hall–Kier alpha value is -3.12. The third kappa shape index (κ3) is 4.24. The molecular weight excluding hydrogens is 378 g/mol. The highest BCUT2D eigenvalue weighted by Crippen LogP contribution is 2.34. The SMILES string of the molecule is COc1ccc(-c2nc3cc(C)ccc3cc2CN2CCNC(=O)CC2)cc1OC. The van der Waals surface area contributed by atoms with E-state index in [-0.39, 0.29) is 5.91 Å². The maximum Gasteiger partial charge on any atom is 0.221 e. The minimum absolute atomic E-state index is 0.115. The molecule has 0 unspecified atom stereocenters. The van der Waals surface area contributed by atoms with Gasteiger partial charge in [-0.25, -0.2) is 4.98 Å². The molecule has 6 nitrogen and oxygen atoms in total. The van der Waals surface area contributed by atoms with Crippen LogP contribution < -0.4 is 14.8 Å². The summed E-state index contributed by atoms with van der Waals surface area (Å²) < 4.78 is 10.9. The minimum atomic E-state index is 0.115. The zero-order chi connectivity index (χ0) is 21.1. The Morgan fingerprint density at radius 1 is 1.03 bits per heavy atom. The van der Waals surface area contributed by atoms with Crippen molar-refractivity contribution in [1.29, 1.82) is 0 Å². The molecule has 1 fully saturated rings. The van der Waals surface area contributed by atoms with Gasteiger partial charge in [0.2, 0.25) is 5.91 Å². The van der Waals surface area contributed by atoms with Gasteiger partial charge in [-0.1, -0.05) is 12.1 Å². The Kier molecular flexibility index (Phi) is 5.86. The molecule has 1 aliphatic rings. The quantitative estimate of drug-likeness (QED) is 0.703. The second-order valence-electron chi connectivity index (χ2n) is 7.64. The highest BCUT2D eigenvalue weighted by Gasteiger charge is 2.18. The summed E-state index contributed by atoms with van der Waals surface area (Å²) in [5.74, 6) is 1.48. The van der Waals surface area contributed by atoms with Crippen molar-refractivity contribution in [2.24, 2.45) is 0 Å². The summed E-state index contributed by atoms with van der Waals surface area (Å²) in [4.78, 5) is 19.1. The van der Waals surface area contributed by atoms with Crippen LogP contribution in [0.25, 0.3) is 22.2 Å². The van der Waals surface area contributed by atoms with Gasteiger partial charge in [-0.3, -0.25) is 9.69 Å². The molecule has 1 saturated heterocycles. The van der Waals surface area contributed by atoms with E-state index in [1.807, 2.05) is 18.2 Å². The lowest BCUT2D eigenvalue weighted by atomic mass is 10.0. The number of carbonyl (C=O) groups is 1. The first-order valence-corrected chi connectivity index (χ1v) is 10.2. The summed E-state index contributed by atoms with van der Waals surface area (Å²) in [7, 11) is 3.27. The van der Waals surface area contributed by atoms with Crippen LogP contribution in [0.2, 0.25) is 0 Å². The van der Waals surface area contributed by atoms with Gasteiger partial charge in [-0.2, -0.15) is 0 Å². The van der Waals surface area contributed by atoms with E-state index < -0.39 is 0 Å². The fraction of sp³-hybridized carbons (Fsp3) is 0.333. The fourth-order valence-corrected chi connectivity index (χ4v) is 3.89. The molecule has 156 valence electrons. The molecule has 1 aliphatic heterocycles. The van der Waals surface area contributed by atoms with Crippen molar-refractivity contribution < 1.29 is 14.3 Å². The van der Waals surface area contributed by atoms with Crippen LogP contribution in [0.5, 0.6) is 11.5 Å². The van der Waals surface area contributed by atoms with Crippen molar-refractivity contribution in [3.8, 4) is 22.8 Å². The average Bonchev–Trinajstić information content (AvgIpc) is 2.97. The van der Waals surface area contributed by atoms with E-state index in [0.29, 0.717) is 24.5 Å². The van der Waals surface area contributed by atoms with Crippen molar-refractivity contribution in [2.45, 2.75) is 19.9 Å². The van der Waals surface area contributed by atoms with Crippen molar-refractivity contribution in [1.82, 2.24) is 15.2 Å². The smallest absolute Gasteiger partial charge is 0.221 e. The first-order chi connectivity index (χ1) is 14.6. The molecule has 0 atom stereocenters. The van der Waals surface area contributed by atoms with Crippen molar-refractivity contribution >= 4 is 16.8 Å². The van der Waals surface area contributed by atoms with Gasteiger partial charge in [0.25, 0.3) is 0 Å². The molecule has 0 radical (unpaired) electrons. The van der Waals surface area contributed by atoms with Gasteiger partial charge in [0.1, 0.15) is 0 Å². The number of carbonyl (C=O) groups excluding carboxylic acids is 1. The lowest BCUT2D eigenvalue weighted by molar-refractivity contribution is -0.120. The molecule has 2 heterocycles. The number of aryl methyl sites for hydroxylation is 1. The number of nitrogens with zero attached hydrogens (tertiary/aromatic N) is 2. The van der Waals surface area contributed by atoms with Crippen LogP contribution in [0, 0.1) is 6.92 Å². The van der Waals surface area contributed by atoms with Crippen LogP contribution >= 0.6 is 0 Å². The maximum atomic E-state index is 11.7. The van der Waals surface area contributed by atoms with Crippen LogP contribution in [0.4, 0.5) is 0 Å². The normalized spacial score (nSPS) is 15.0. The number of hydrogen-bond donors (Lipinski definition) is 1. The molecule has 0 aliphatic carbocycles. The Balaban J connectivity index is 1.79. The van der Waals surface area contributed by atoms with Crippen LogP contribution in [0.1, 0.15) is 17.5 Å². The number of methoxy groups -OCH3 is 2. The number of ether oxygens (including phenoxy) is 2. The topological polar surface area (TPSA) is 63.7 Å². The van der Waals surface area contributed by atoms with Crippen molar-refractivity contribution in [3.63, 3.8) is 0 Å². The lowest BCUT2D eigenvalue weighted by Crippen LogP contribution is -2.28. The second-order valence-corrected chi connectivity index (χ2v) is 7.64. The van der Waals surface area contributed by atoms with Crippen molar-refractivity contribution in [3.05, 3.63) is 53.6 Å². The number of aromatic nitrogens is 1. The third-order valence-electron chi connectivity index (χ3n) is 5.51. The first kappa shape index (κ1) is 20.2. The maximum absolute atomic E-state index is 11.7. The van der Waals surface area contributed by atoms with Crippen LogP contribution in [-0.2, 0) is 11.3 Å².